The second-order valence-electron chi connectivity index (χ2n) is 5.90. The van der Waals surface area contributed by atoms with Gasteiger partial charge in [0.1, 0.15) is 5.69 Å². The lowest BCUT2D eigenvalue weighted by Gasteiger charge is -2.36. The van der Waals surface area contributed by atoms with E-state index < -0.39 is 0 Å². The zero-order valence-electron chi connectivity index (χ0n) is 13.0. The van der Waals surface area contributed by atoms with E-state index in [9.17, 15) is 4.79 Å². The second-order valence-corrected chi connectivity index (χ2v) is 6.33. The third kappa shape index (κ3) is 3.80. The Morgan fingerprint density at radius 2 is 2.05 bits per heavy atom. The number of rotatable bonds is 5. The Morgan fingerprint density at radius 3 is 2.62 bits per heavy atom. The SMILES string of the molecule is CCCN(C(=O)c1cc(Cl)cn1CC)C1CCC(N)CC1. The average molecular weight is 312 g/mol. The molecule has 1 aliphatic carbocycles. The molecule has 21 heavy (non-hydrogen) atoms. The third-order valence-electron chi connectivity index (χ3n) is 4.33. The van der Waals surface area contributed by atoms with Crippen LogP contribution in [-0.2, 0) is 6.54 Å². The Labute approximate surface area is 132 Å². The fourth-order valence-electron chi connectivity index (χ4n) is 3.17. The molecule has 1 aliphatic rings. The summed E-state index contributed by atoms with van der Waals surface area (Å²) in [5, 5.41) is 0.627. The summed E-state index contributed by atoms with van der Waals surface area (Å²) in [6, 6.07) is 2.40. The maximum atomic E-state index is 12.9. The van der Waals surface area contributed by atoms with Gasteiger partial charge in [-0.2, -0.15) is 0 Å². The largest absolute Gasteiger partial charge is 0.342 e. The summed E-state index contributed by atoms with van der Waals surface area (Å²) in [6.45, 7) is 5.69. The van der Waals surface area contributed by atoms with Crippen LogP contribution in [-0.4, -0.2) is 34.0 Å². The first-order chi connectivity index (χ1) is 10.1. The summed E-state index contributed by atoms with van der Waals surface area (Å²) < 4.78 is 1.93. The first-order valence-electron chi connectivity index (χ1n) is 7.99. The number of hydrogen-bond acceptors (Lipinski definition) is 2. The normalized spacial score (nSPS) is 22.3. The van der Waals surface area contributed by atoms with Gasteiger partial charge < -0.3 is 15.2 Å². The Morgan fingerprint density at radius 1 is 1.38 bits per heavy atom. The quantitative estimate of drug-likeness (QED) is 0.907. The highest BCUT2D eigenvalue weighted by Gasteiger charge is 2.29. The molecule has 0 aliphatic heterocycles. The van der Waals surface area contributed by atoms with Crippen molar-refractivity contribution < 1.29 is 4.79 Å². The van der Waals surface area contributed by atoms with Crippen LogP contribution in [0, 0.1) is 0 Å². The molecular formula is C16H26ClN3O. The van der Waals surface area contributed by atoms with Crippen molar-refractivity contribution in [2.75, 3.05) is 6.54 Å². The fraction of sp³-hybridized carbons (Fsp3) is 0.688. The molecule has 5 heteroatoms. The molecule has 2 N–H and O–H groups in total. The highest BCUT2D eigenvalue weighted by Crippen LogP contribution is 2.25. The molecule has 0 saturated heterocycles. The van der Waals surface area contributed by atoms with Gasteiger partial charge in [0, 0.05) is 31.4 Å². The number of carbonyl (C=O) groups excluding carboxylic acids is 1. The van der Waals surface area contributed by atoms with Crippen molar-refractivity contribution in [3.8, 4) is 0 Å². The van der Waals surface area contributed by atoms with E-state index in [1.165, 1.54) is 0 Å². The van der Waals surface area contributed by atoms with Crippen LogP contribution in [0.3, 0.4) is 0 Å². The molecule has 0 spiro atoms. The number of hydrogen-bond donors (Lipinski definition) is 1. The maximum Gasteiger partial charge on any atom is 0.270 e. The van der Waals surface area contributed by atoms with Crippen molar-refractivity contribution in [2.24, 2.45) is 5.73 Å². The first kappa shape index (κ1) is 16.4. The minimum Gasteiger partial charge on any atom is -0.342 e. The first-order valence-corrected chi connectivity index (χ1v) is 8.36. The van der Waals surface area contributed by atoms with Gasteiger partial charge in [0.05, 0.1) is 5.02 Å². The molecule has 1 aromatic heterocycles. The standard InChI is InChI=1S/C16H26ClN3O/c1-3-9-20(14-7-5-13(18)6-8-14)16(21)15-10-12(17)11-19(15)4-2/h10-11,13-14H,3-9,18H2,1-2H3. The minimum atomic E-state index is 0.103. The summed E-state index contributed by atoms with van der Waals surface area (Å²) in [7, 11) is 0. The molecule has 0 bridgehead atoms. The van der Waals surface area contributed by atoms with Gasteiger partial charge in [0.2, 0.25) is 0 Å². The van der Waals surface area contributed by atoms with Crippen LogP contribution in [0.15, 0.2) is 12.3 Å². The summed E-state index contributed by atoms with van der Waals surface area (Å²) in [6.07, 6.45) is 6.83. The number of nitrogens with zero attached hydrogens (tertiary/aromatic N) is 2. The summed E-state index contributed by atoms with van der Waals surface area (Å²) in [5.74, 6) is 0.103. The van der Waals surface area contributed by atoms with Crippen molar-refractivity contribution in [3.63, 3.8) is 0 Å². The van der Waals surface area contributed by atoms with Gasteiger partial charge in [-0.3, -0.25) is 4.79 Å². The summed E-state index contributed by atoms with van der Waals surface area (Å²) in [4.78, 5) is 15.0. The highest BCUT2D eigenvalue weighted by molar-refractivity contribution is 6.31. The number of amides is 1. The fourth-order valence-corrected chi connectivity index (χ4v) is 3.39. The molecule has 2 rings (SSSR count). The third-order valence-corrected chi connectivity index (χ3v) is 4.54. The van der Waals surface area contributed by atoms with Gasteiger partial charge in [-0.25, -0.2) is 0 Å². The summed E-state index contributed by atoms with van der Waals surface area (Å²) >= 11 is 6.07. The highest BCUT2D eigenvalue weighted by atomic mass is 35.5. The van der Waals surface area contributed by atoms with Crippen molar-refractivity contribution in [1.82, 2.24) is 9.47 Å². The Balaban J connectivity index is 2.18. The lowest BCUT2D eigenvalue weighted by molar-refractivity contribution is 0.0616. The van der Waals surface area contributed by atoms with Gasteiger partial charge in [-0.05, 0) is 45.1 Å². The van der Waals surface area contributed by atoms with Crippen molar-refractivity contribution >= 4 is 17.5 Å². The number of carbonyl (C=O) groups is 1. The molecule has 118 valence electrons. The Hall–Kier alpha value is -1.00. The molecule has 0 aromatic carbocycles. The molecule has 1 aromatic rings. The molecular weight excluding hydrogens is 286 g/mol. The van der Waals surface area contributed by atoms with Crippen LogP contribution < -0.4 is 5.73 Å². The lowest BCUT2D eigenvalue weighted by Crippen LogP contribution is -2.45. The van der Waals surface area contributed by atoms with E-state index in [1.807, 2.05) is 22.6 Å². The minimum absolute atomic E-state index is 0.103. The molecule has 0 unspecified atom stereocenters. The van der Waals surface area contributed by atoms with Gasteiger partial charge in [-0.1, -0.05) is 18.5 Å². The van der Waals surface area contributed by atoms with E-state index in [4.69, 9.17) is 17.3 Å². The van der Waals surface area contributed by atoms with E-state index in [2.05, 4.69) is 6.92 Å². The monoisotopic (exact) mass is 311 g/mol. The van der Waals surface area contributed by atoms with E-state index in [0.717, 1.165) is 45.2 Å². The zero-order chi connectivity index (χ0) is 15.4. The van der Waals surface area contributed by atoms with Gasteiger partial charge in [-0.15, -0.1) is 0 Å². The molecule has 1 fully saturated rings. The molecule has 1 amide bonds. The van der Waals surface area contributed by atoms with E-state index in [-0.39, 0.29) is 5.91 Å². The van der Waals surface area contributed by atoms with Crippen molar-refractivity contribution in [3.05, 3.63) is 23.0 Å². The molecule has 0 radical (unpaired) electrons. The maximum absolute atomic E-state index is 12.9. The van der Waals surface area contributed by atoms with Gasteiger partial charge in [0.25, 0.3) is 5.91 Å². The topological polar surface area (TPSA) is 51.3 Å². The number of aryl methyl sites for hydroxylation is 1. The lowest BCUT2D eigenvalue weighted by atomic mass is 9.90. The van der Waals surface area contributed by atoms with E-state index >= 15 is 0 Å². The Bertz CT molecular complexity index is 478. The number of aromatic nitrogens is 1. The van der Waals surface area contributed by atoms with E-state index in [1.54, 1.807) is 6.07 Å². The predicted octanol–water partition coefficient (Wildman–Crippen LogP) is 3.28. The molecule has 1 heterocycles. The second kappa shape index (κ2) is 7.32. The van der Waals surface area contributed by atoms with E-state index in [0.29, 0.717) is 22.8 Å². The Kier molecular flexibility index (Phi) is 5.71. The van der Waals surface area contributed by atoms with Crippen LogP contribution in [0.1, 0.15) is 56.4 Å². The van der Waals surface area contributed by atoms with Crippen molar-refractivity contribution in [2.45, 2.75) is 64.6 Å². The van der Waals surface area contributed by atoms with Crippen LogP contribution in [0.2, 0.25) is 5.02 Å². The van der Waals surface area contributed by atoms with Gasteiger partial charge in [0.15, 0.2) is 0 Å². The van der Waals surface area contributed by atoms with Crippen molar-refractivity contribution in [1.29, 1.82) is 0 Å². The zero-order valence-corrected chi connectivity index (χ0v) is 13.8. The average Bonchev–Trinajstić information content (AvgIpc) is 2.86. The smallest absolute Gasteiger partial charge is 0.270 e. The number of nitrogens with two attached hydrogens (primary N) is 1. The van der Waals surface area contributed by atoms with Crippen LogP contribution in [0.25, 0.3) is 0 Å². The molecule has 4 nitrogen and oxygen atoms in total. The van der Waals surface area contributed by atoms with Crippen LogP contribution in [0.4, 0.5) is 0 Å². The molecule has 0 atom stereocenters. The number of halogens is 1. The van der Waals surface area contributed by atoms with Crippen LogP contribution >= 0.6 is 11.6 Å². The predicted molar refractivity (Wildman–Crippen MR) is 86.7 cm³/mol. The molecule has 1 saturated carbocycles. The van der Waals surface area contributed by atoms with Gasteiger partial charge >= 0.3 is 0 Å². The van der Waals surface area contributed by atoms with Crippen LogP contribution in [0.5, 0.6) is 0 Å². The summed E-state index contributed by atoms with van der Waals surface area (Å²) in [5.41, 5.74) is 6.68.